The third kappa shape index (κ3) is 52.1. The molecule has 0 amide bonds. The molecule has 2 N–H and O–H groups in total. The fraction of sp³-hybridized carbons (Fsp3) is 0.889. The molecule has 82 valence electrons. The van der Waals surface area contributed by atoms with Gasteiger partial charge in [-0.15, -0.1) is 0 Å². The highest BCUT2D eigenvalue weighted by atomic mass is 16.5. The molecular weight excluding hydrogens is 172 g/mol. The van der Waals surface area contributed by atoms with E-state index in [1.54, 1.807) is 0 Å². The number of hydrogen-bond acceptors (Lipinski definition) is 3. The smallest absolute Gasteiger partial charge is 0.303 e. The molecule has 0 saturated carbocycles. The Balaban J connectivity index is -0.000000131. The summed E-state index contributed by atoms with van der Waals surface area (Å²) in [7, 11) is 1.00. The summed E-state index contributed by atoms with van der Waals surface area (Å²) in [6.45, 7) is 7.51. The van der Waals surface area contributed by atoms with Gasteiger partial charge in [0.2, 0.25) is 0 Å². The first-order chi connectivity index (χ1) is 6.18. The number of carboxylic acids is 1. The van der Waals surface area contributed by atoms with E-state index in [2.05, 4.69) is 0 Å². The van der Waals surface area contributed by atoms with Crippen LogP contribution in [0.15, 0.2) is 0 Å². The molecule has 0 aromatic carbocycles. The van der Waals surface area contributed by atoms with Gasteiger partial charge in [-0.2, -0.15) is 0 Å². The predicted octanol–water partition coefficient (Wildman–Crippen LogP) is 1.52. The van der Waals surface area contributed by atoms with E-state index in [9.17, 15) is 4.79 Å². The Morgan fingerprint density at radius 2 is 1.54 bits per heavy atom. The van der Waals surface area contributed by atoms with Crippen molar-refractivity contribution < 1.29 is 19.7 Å². The fourth-order valence-electron chi connectivity index (χ4n) is 0.418. The van der Waals surface area contributed by atoms with E-state index >= 15 is 0 Å². The lowest BCUT2D eigenvalue weighted by molar-refractivity contribution is -0.137. The van der Waals surface area contributed by atoms with Gasteiger partial charge in [0.15, 0.2) is 0 Å². The van der Waals surface area contributed by atoms with Crippen molar-refractivity contribution in [1.29, 1.82) is 0 Å². The number of ether oxygens (including phenoxy) is 1. The minimum absolute atomic E-state index is 0.292. The van der Waals surface area contributed by atoms with E-state index in [-0.39, 0.29) is 0 Å². The largest absolute Gasteiger partial charge is 0.481 e. The Kier molecular flexibility index (Phi) is 31.6. The molecule has 0 aromatic rings. The Morgan fingerprint density at radius 1 is 1.15 bits per heavy atom. The molecule has 0 aliphatic carbocycles. The first-order valence-corrected chi connectivity index (χ1v) is 4.43. The highest BCUT2D eigenvalue weighted by molar-refractivity contribution is 5.66. The second-order valence-corrected chi connectivity index (χ2v) is 1.93. The van der Waals surface area contributed by atoms with E-state index in [1.165, 1.54) is 0 Å². The maximum Gasteiger partial charge on any atom is 0.303 e. The van der Waals surface area contributed by atoms with E-state index in [1.807, 2.05) is 20.8 Å². The van der Waals surface area contributed by atoms with E-state index in [0.717, 1.165) is 26.7 Å². The van der Waals surface area contributed by atoms with Crippen molar-refractivity contribution in [2.75, 3.05) is 20.3 Å². The zero-order chi connectivity index (χ0) is 11.1. The molecule has 0 bridgehead atoms. The molecule has 0 aromatic heterocycles. The van der Waals surface area contributed by atoms with Gasteiger partial charge in [0.05, 0.1) is 0 Å². The Morgan fingerprint density at radius 3 is 1.54 bits per heavy atom. The number of carboxylic acid groups (broad SMARTS) is 1. The number of rotatable bonds is 4. The topological polar surface area (TPSA) is 66.8 Å². The van der Waals surface area contributed by atoms with Crippen LogP contribution in [0, 0.1) is 0 Å². The van der Waals surface area contributed by atoms with Crippen LogP contribution in [0.3, 0.4) is 0 Å². The molecule has 0 heterocycles. The van der Waals surface area contributed by atoms with Crippen molar-refractivity contribution in [3.8, 4) is 0 Å². The molecule has 0 aliphatic heterocycles. The van der Waals surface area contributed by atoms with Crippen LogP contribution in [0.2, 0.25) is 0 Å². The highest BCUT2D eigenvalue weighted by Crippen LogP contribution is 1.82. The standard InChI is InChI=1S/C4H8O2.C4H10O.CH4O/c1-2-3-4(5)6;1-3-5-4-2;1-2/h2-3H2,1H3,(H,5,6);3-4H2,1-2H3;2H,1H3. The lowest BCUT2D eigenvalue weighted by Crippen LogP contribution is -1.90. The third-order valence-corrected chi connectivity index (χ3v) is 0.872. The molecule has 0 unspecified atom stereocenters. The van der Waals surface area contributed by atoms with Gasteiger partial charge in [-0.05, 0) is 20.3 Å². The van der Waals surface area contributed by atoms with Gasteiger partial charge in [-0.3, -0.25) is 4.79 Å². The van der Waals surface area contributed by atoms with Crippen LogP contribution in [0.1, 0.15) is 33.6 Å². The molecule has 0 aliphatic rings. The molecule has 0 saturated heterocycles. The molecule has 13 heavy (non-hydrogen) atoms. The molecule has 4 heteroatoms. The zero-order valence-corrected chi connectivity index (χ0v) is 9.04. The summed E-state index contributed by atoms with van der Waals surface area (Å²) in [6, 6.07) is 0. The van der Waals surface area contributed by atoms with E-state index in [4.69, 9.17) is 14.9 Å². The van der Waals surface area contributed by atoms with Crippen LogP contribution >= 0.6 is 0 Å². The van der Waals surface area contributed by atoms with Crippen molar-refractivity contribution in [2.45, 2.75) is 33.6 Å². The fourth-order valence-corrected chi connectivity index (χ4v) is 0.418. The Labute approximate surface area is 80.5 Å². The maximum atomic E-state index is 9.60. The number of aliphatic hydroxyl groups is 1. The normalized spacial score (nSPS) is 7.46. The Hall–Kier alpha value is -0.610. The van der Waals surface area contributed by atoms with Gasteiger partial charge >= 0.3 is 5.97 Å². The summed E-state index contributed by atoms with van der Waals surface area (Å²) >= 11 is 0. The van der Waals surface area contributed by atoms with Crippen molar-refractivity contribution in [3.05, 3.63) is 0 Å². The molecule has 0 fully saturated rings. The first kappa shape index (κ1) is 18.2. The lowest BCUT2D eigenvalue weighted by Gasteiger charge is -1.86. The molecule has 4 nitrogen and oxygen atoms in total. The van der Waals surface area contributed by atoms with Gasteiger partial charge < -0.3 is 14.9 Å². The van der Waals surface area contributed by atoms with Gasteiger partial charge in [-0.25, -0.2) is 0 Å². The first-order valence-electron chi connectivity index (χ1n) is 4.43. The van der Waals surface area contributed by atoms with Gasteiger partial charge in [0.1, 0.15) is 0 Å². The minimum atomic E-state index is -0.711. The molecule has 0 radical (unpaired) electrons. The van der Waals surface area contributed by atoms with Crippen molar-refractivity contribution in [1.82, 2.24) is 0 Å². The minimum Gasteiger partial charge on any atom is -0.481 e. The summed E-state index contributed by atoms with van der Waals surface area (Å²) in [4.78, 5) is 9.60. The second kappa shape index (κ2) is 22.5. The van der Waals surface area contributed by atoms with Crippen molar-refractivity contribution >= 4 is 5.97 Å². The second-order valence-electron chi connectivity index (χ2n) is 1.93. The SMILES string of the molecule is CCCC(=O)O.CCOCC.CO. The van der Waals surface area contributed by atoms with Gasteiger partial charge in [0.25, 0.3) is 0 Å². The molecule has 0 spiro atoms. The third-order valence-electron chi connectivity index (χ3n) is 0.872. The number of aliphatic carboxylic acids is 1. The van der Waals surface area contributed by atoms with E-state index < -0.39 is 5.97 Å². The Bertz CT molecular complexity index is 81.7. The van der Waals surface area contributed by atoms with Crippen LogP contribution in [0.5, 0.6) is 0 Å². The zero-order valence-electron chi connectivity index (χ0n) is 9.04. The molecule has 0 rings (SSSR count). The summed E-state index contributed by atoms with van der Waals surface area (Å²) in [5.41, 5.74) is 0. The lowest BCUT2D eigenvalue weighted by atomic mass is 10.4. The number of aliphatic hydroxyl groups excluding tert-OH is 1. The van der Waals surface area contributed by atoms with Crippen LogP contribution < -0.4 is 0 Å². The number of hydrogen-bond donors (Lipinski definition) is 2. The van der Waals surface area contributed by atoms with Crippen LogP contribution in [0.4, 0.5) is 0 Å². The number of carbonyl (C=O) groups is 1. The summed E-state index contributed by atoms with van der Waals surface area (Å²) in [6.07, 6.45) is 1.02. The average molecular weight is 194 g/mol. The molecular formula is C9H22O4. The summed E-state index contributed by atoms with van der Waals surface area (Å²) in [5, 5.41) is 14.9. The maximum absolute atomic E-state index is 9.60. The van der Waals surface area contributed by atoms with Crippen molar-refractivity contribution in [3.63, 3.8) is 0 Å². The van der Waals surface area contributed by atoms with E-state index in [0.29, 0.717) is 6.42 Å². The van der Waals surface area contributed by atoms with Crippen LogP contribution in [-0.2, 0) is 9.53 Å². The van der Waals surface area contributed by atoms with Crippen molar-refractivity contribution in [2.24, 2.45) is 0 Å². The summed E-state index contributed by atoms with van der Waals surface area (Å²) in [5.74, 6) is -0.711. The van der Waals surface area contributed by atoms with Gasteiger partial charge in [0, 0.05) is 26.7 Å². The van der Waals surface area contributed by atoms with Crippen LogP contribution in [0.25, 0.3) is 0 Å². The highest BCUT2D eigenvalue weighted by Gasteiger charge is 1.87. The summed E-state index contributed by atoms with van der Waals surface area (Å²) < 4.78 is 4.83. The predicted molar refractivity (Wildman–Crippen MR) is 52.9 cm³/mol. The molecule has 0 atom stereocenters. The van der Waals surface area contributed by atoms with Gasteiger partial charge in [-0.1, -0.05) is 6.92 Å². The quantitative estimate of drug-likeness (QED) is 0.712. The van der Waals surface area contributed by atoms with Crippen LogP contribution in [-0.4, -0.2) is 36.5 Å². The average Bonchev–Trinajstić information content (AvgIpc) is 2.10. The monoisotopic (exact) mass is 194 g/mol.